The van der Waals surface area contributed by atoms with E-state index in [-0.39, 0.29) is 5.54 Å². The summed E-state index contributed by atoms with van der Waals surface area (Å²) >= 11 is 0. The van der Waals surface area contributed by atoms with Gasteiger partial charge in [0.05, 0.1) is 0 Å². The van der Waals surface area contributed by atoms with Gasteiger partial charge in [0.15, 0.2) is 0 Å². The third kappa shape index (κ3) is 2.00. The van der Waals surface area contributed by atoms with Gasteiger partial charge in [0.2, 0.25) is 0 Å². The summed E-state index contributed by atoms with van der Waals surface area (Å²) in [4.78, 5) is 12.3. The molecule has 0 radical (unpaired) electrons. The number of aliphatic carboxylic acids is 1. The van der Waals surface area contributed by atoms with Crippen molar-refractivity contribution in [3.8, 4) is 0 Å². The van der Waals surface area contributed by atoms with Crippen molar-refractivity contribution in [2.24, 2.45) is 0 Å². The van der Waals surface area contributed by atoms with Crippen molar-refractivity contribution >= 4 is 5.97 Å². The smallest absolute Gasteiger partial charge is 0.329 e. The van der Waals surface area contributed by atoms with Gasteiger partial charge >= 0.3 is 5.97 Å². The molecule has 0 aliphatic carbocycles. The van der Waals surface area contributed by atoms with Gasteiger partial charge in [0.25, 0.3) is 0 Å². The normalized spacial score (nSPS) is 22.0. The van der Waals surface area contributed by atoms with E-state index < -0.39 is 5.97 Å². The van der Waals surface area contributed by atoms with Crippen LogP contribution < -0.4 is 0 Å². The van der Waals surface area contributed by atoms with Crippen molar-refractivity contribution in [3.63, 3.8) is 0 Å². The molecular weight excluding hydrogens is 154 g/mol. The van der Waals surface area contributed by atoms with Crippen LogP contribution in [0.2, 0.25) is 0 Å². The van der Waals surface area contributed by atoms with Crippen molar-refractivity contribution in [1.82, 2.24) is 4.90 Å². The van der Waals surface area contributed by atoms with E-state index >= 15 is 0 Å². The lowest BCUT2D eigenvalue weighted by Gasteiger charge is -2.29. The number of carboxylic acids is 1. The van der Waals surface area contributed by atoms with Crippen LogP contribution in [0, 0.1) is 0 Å². The number of carbonyl (C=O) groups is 1. The Morgan fingerprint density at radius 2 is 2.25 bits per heavy atom. The predicted molar refractivity (Wildman–Crippen MR) is 46.8 cm³/mol. The van der Waals surface area contributed by atoms with Gasteiger partial charge in [-0.25, -0.2) is 4.79 Å². The number of nitrogens with zero attached hydrogens (tertiary/aromatic N) is 1. The van der Waals surface area contributed by atoms with E-state index in [1.165, 1.54) is 6.08 Å². The highest BCUT2D eigenvalue weighted by atomic mass is 16.4. The molecule has 0 amide bonds. The molecule has 68 valence electrons. The third-order valence-corrected chi connectivity index (χ3v) is 2.36. The van der Waals surface area contributed by atoms with Crippen LogP contribution in [0.15, 0.2) is 12.3 Å². The summed E-state index contributed by atoms with van der Waals surface area (Å²) in [6.45, 7) is 5.23. The van der Waals surface area contributed by atoms with Crippen molar-refractivity contribution in [2.75, 3.05) is 6.54 Å². The standard InChI is InChI=1S/C9H15NO2/c1-9(2)5-3-6-10(9)7-4-8(11)12/h4,7H,3,5-6H2,1-2H3,(H,11,12). The fourth-order valence-corrected chi connectivity index (χ4v) is 1.56. The van der Waals surface area contributed by atoms with Crippen LogP contribution in [-0.2, 0) is 4.79 Å². The fourth-order valence-electron chi connectivity index (χ4n) is 1.56. The summed E-state index contributed by atoms with van der Waals surface area (Å²) < 4.78 is 0. The Morgan fingerprint density at radius 3 is 2.67 bits per heavy atom. The minimum atomic E-state index is -0.877. The van der Waals surface area contributed by atoms with Crippen molar-refractivity contribution in [1.29, 1.82) is 0 Å². The first kappa shape index (κ1) is 9.10. The van der Waals surface area contributed by atoms with Crippen LogP contribution in [0.1, 0.15) is 26.7 Å². The van der Waals surface area contributed by atoms with Gasteiger partial charge in [-0.3, -0.25) is 0 Å². The van der Waals surface area contributed by atoms with Gasteiger partial charge in [-0.2, -0.15) is 0 Å². The van der Waals surface area contributed by atoms with Crippen molar-refractivity contribution in [3.05, 3.63) is 12.3 Å². The molecule has 1 rings (SSSR count). The summed E-state index contributed by atoms with van der Waals surface area (Å²) in [5.41, 5.74) is 0.131. The first-order valence-corrected chi connectivity index (χ1v) is 4.20. The zero-order valence-electron chi connectivity index (χ0n) is 7.58. The van der Waals surface area contributed by atoms with Gasteiger partial charge in [0, 0.05) is 24.4 Å². The number of rotatable bonds is 2. The summed E-state index contributed by atoms with van der Waals surface area (Å²) in [7, 11) is 0. The largest absolute Gasteiger partial charge is 0.478 e. The Hall–Kier alpha value is -0.990. The van der Waals surface area contributed by atoms with Gasteiger partial charge in [-0.05, 0) is 26.7 Å². The average molecular weight is 169 g/mol. The summed E-state index contributed by atoms with van der Waals surface area (Å²) in [6.07, 6.45) is 5.16. The van der Waals surface area contributed by atoms with Crippen LogP contribution in [0.25, 0.3) is 0 Å². The Labute approximate surface area is 72.7 Å². The van der Waals surface area contributed by atoms with Crippen LogP contribution >= 0.6 is 0 Å². The Balaban J connectivity index is 2.58. The molecule has 0 unspecified atom stereocenters. The van der Waals surface area contributed by atoms with E-state index in [4.69, 9.17) is 5.11 Å². The van der Waals surface area contributed by atoms with Crippen LogP contribution in [0.3, 0.4) is 0 Å². The maximum atomic E-state index is 10.3. The van der Waals surface area contributed by atoms with Crippen molar-refractivity contribution in [2.45, 2.75) is 32.2 Å². The number of hydrogen-bond donors (Lipinski definition) is 1. The minimum Gasteiger partial charge on any atom is -0.478 e. The first-order chi connectivity index (χ1) is 5.52. The van der Waals surface area contributed by atoms with E-state index in [0.717, 1.165) is 19.4 Å². The highest BCUT2D eigenvalue weighted by Crippen LogP contribution is 2.27. The molecule has 1 heterocycles. The zero-order valence-corrected chi connectivity index (χ0v) is 7.58. The molecule has 1 saturated heterocycles. The van der Waals surface area contributed by atoms with Gasteiger partial charge in [-0.15, -0.1) is 0 Å². The number of hydrogen-bond acceptors (Lipinski definition) is 2. The third-order valence-electron chi connectivity index (χ3n) is 2.36. The second-order valence-electron chi connectivity index (χ2n) is 3.76. The highest BCUT2D eigenvalue weighted by Gasteiger charge is 2.29. The highest BCUT2D eigenvalue weighted by molar-refractivity contribution is 5.79. The average Bonchev–Trinajstić information content (AvgIpc) is 2.25. The molecule has 12 heavy (non-hydrogen) atoms. The Kier molecular flexibility index (Phi) is 2.40. The zero-order chi connectivity index (χ0) is 9.19. The van der Waals surface area contributed by atoms with Gasteiger partial charge in [0.1, 0.15) is 0 Å². The first-order valence-electron chi connectivity index (χ1n) is 4.20. The molecule has 0 bridgehead atoms. The molecule has 1 aliphatic rings. The quantitative estimate of drug-likeness (QED) is 0.636. The molecule has 3 heteroatoms. The van der Waals surface area contributed by atoms with Crippen LogP contribution in [0.4, 0.5) is 0 Å². The molecule has 1 aliphatic heterocycles. The topological polar surface area (TPSA) is 40.5 Å². The van der Waals surface area contributed by atoms with E-state index in [0.29, 0.717) is 0 Å². The van der Waals surface area contributed by atoms with Crippen LogP contribution in [0.5, 0.6) is 0 Å². The molecule has 1 N–H and O–H groups in total. The Morgan fingerprint density at radius 1 is 1.58 bits per heavy atom. The molecule has 0 aromatic rings. The lowest BCUT2D eigenvalue weighted by molar-refractivity contribution is -0.131. The second kappa shape index (κ2) is 3.17. The maximum absolute atomic E-state index is 10.3. The molecule has 1 fully saturated rings. The SMILES string of the molecule is CC1(C)CCCN1C=CC(=O)O. The fraction of sp³-hybridized carbons (Fsp3) is 0.667. The lowest BCUT2D eigenvalue weighted by atomic mass is 10.0. The molecular formula is C9H15NO2. The van der Waals surface area contributed by atoms with E-state index in [2.05, 4.69) is 18.7 Å². The second-order valence-corrected chi connectivity index (χ2v) is 3.76. The van der Waals surface area contributed by atoms with Gasteiger partial charge in [-0.1, -0.05) is 0 Å². The predicted octanol–water partition coefficient (Wildman–Crippen LogP) is 1.46. The van der Waals surface area contributed by atoms with Gasteiger partial charge < -0.3 is 10.0 Å². The molecule has 0 saturated carbocycles. The summed E-state index contributed by atoms with van der Waals surface area (Å²) in [6, 6.07) is 0. The van der Waals surface area contributed by atoms with E-state index in [9.17, 15) is 4.79 Å². The molecule has 0 aromatic heterocycles. The maximum Gasteiger partial charge on any atom is 0.329 e. The molecule has 0 atom stereocenters. The molecule has 0 aromatic carbocycles. The monoisotopic (exact) mass is 169 g/mol. The van der Waals surface area contributed by atoms with Crippen LogP contribution in [-0.4, -0.2) is 28.1 Å². The lowest BCUT2D eigenvalue weighted by Crippen LogP contribution is -2.33. The molecule has 3 nitrogen and oxygen atoms in total. The van der Waals surface area contributed by atoms with Crippen molar-refractivity contribution < 1.29 is 9.90 Å². The number of carboxylic acid groups (broad SMARTS) is 1. The van der Waals surface area contributed by atoms with E-state index in [1.807, 2.05) is 0 Å². The Bertz CT molecular complexity index is 209. The summed E-state index contributed by atoms with van der Waals surface area (Å²) in [5, 5.41) is 8.43. The van der Waals surface area contributed by atoms with E-state index in [1.54, 1.807) is 6.20 Å². The minimum absolute atomic E-state index is 0.131. The molecule has 0 spiro atoms. The number of likely N-dealkylation sites (tertiary alicyclic amines) is 1. The summed E-state index contributed by atoms with van der Waals surface area (Å²) in [5.74, 6) is -0.877.